The quantitative estimate of drug-likeness (QED) is 0.229. The molecule has 1 aliphatic heterocycles. The summed E-state index contributed by atoms with van der Waals surface area (Å²) in [5.74, 6) is 0. The van der Waals surface area contributed by atoms with Crippen molar-refractivity contribution < 1.29 is 4.74 Å². The summed E-state index contributed by atoms with van der Waals surface area (Å²) in [6.07, 6.45) is 20.8. The van der Waals surface area contributed by atoms with Crippen molar-refractivity contribution in [3.05, 3.63) is 0 Å². The van der Waals surface area contributed by atoms with Gasteiger partial charge in [-0.25, -0.2) is 0 Å². The minimum Gasteiger partial charge on any atom is -0.369 e. The first-order chi connectivity index (χ1) is 10.6. The SMILES string of the molecule is CCCCCCCCCCCCCC1OC1C(C)(C)CCC. The summed E-state index contributed by atoms with van der Waals surface area (Å²) in [5.41, 5.74) is 0.400. The lowest BCUT2D eigenvalue weighted by atomic mass is 9.82. The van der Waals surface area contributed by atoms with E-state index >= 15 is 0 Å². The number of hydrogen-bond donors (Lipinski definition) is 0. The summed E-state index contributed by atoms with van der Waals surface area (Å²) in [7, 11) is 0. The van der Waals surface area contributed by atoms with E-state index in [1.54, 1.807) is 0 Å². The molecule has 0 spiro atoms. The molecule has 0 aromatic heterocycles. The highest BCUT2D eigenvalue weighted by Gasteiger charge is 2.48. The Morgan fingerprint density at radius 3 is 1.68 bits per heavy atom. The highest BCUT2D eigenvalue weighted by atomic mass is 16.6. The fourth-order valence-corrected chi connectivity index (χ4v) is 3.85. The van der Waals surface area contributed by atoms with Gasteiger partial charge in [0.2, 0.25) is 0 Å². The molecule has 2 unspecified atom stereocenters. The zero-order valence-electron chi connectivity index (χ0n) is 16.0. The molecule has 2 atom stereocenters. The Bertz CT molecular complexity index is 259. The Morgan fingerprint density at radius 1 is 0.682 bits per heavy atom. The van der Waals surface area contributed by atoms with Crippen LogP contribution in [0.25, 0.3) is 0 Å². The van der Waals surface area contributed by atoms with E-state index in [4.69, 9.17) is 4.74 Å². The summed E-state index contributed by atoms with van der Waals surface area (Å²) >= 11 is 0. The molecule has 0 aromatic rings. The standard InChI is InChI=1S/C21H42O/c1-5-7-8-9-10-11-12-13-14-15-16-17-19-20(22-19)21(3,4)18-6-2/h19-20H,5-18H2,1-4H3. The van der Waals surface area contributed by atoms with Crippen LogP contribution in [-0.4, -0.2) is 12.2 Å². The van der Waals surface area contributed by atoms with Crippen molar-refractivity contribution in [3.8, 4) is 0 Å². The lowest BCUT2D eigenvalue weighted by molar-refractivity contribution is 0.223. The number of rotatable bonds is 15. The molecule has 0 bridgehead atoms. The van der Waals surface area contributed by atoms with Crippen LogP contribution in [0.3, 0.4) is 0 Å². The Morgan fingerprint density at radius 2 is 1.18 bits per heavy atom. The average Bonchev–Trinajstić information content (AvgIpc) is 3.25. The maximum absolute atomic E-state index is 5.93. The highest BCUT2D eigenvalue weighted by Crippen LogP contribution is 2.43. The molecule has 1 aliphatic rings. The van der Waals surface area contributed by atoms with Crippen molar-refractivity contribution in [2.24, 2.45) is 5.41 Å². The van der Waals surface area contributed by atoms with Gasteiger partial charge in [-0.1, -0.05) is 105 Å². The zero-order chi connectivity index (χ0) is 16.3. The van der Waals surface area contributed by atoms with Gasteiger partial charge in [0.15, 0.2) is 0 Å². The molecule has 0 radical (unpaired) electrons. The van der Waals surface area contributed by atoms with Gasteiger partial charge >= 0.3 is 0 Å². The third-order valence-corrected chi connectivity index (χ3v) is 5.34. The molecule has 1 heterocycles. The Hall–Kier alpha value is -0.0400. The van der Waals surface area contributed by atoms with Crippen LogP contribution in [0, 0.1) is 5.41 Å². The molecule has 0 amide bonds. The molecule has 22 heavy (non-hydrogen) atoms. The normalized spacial score (nSPS) is 21.3. The highest BCUT2D eigenvalue weighted by molar-refractivity contribution is 4.95. The molecule has 0 aromatic carbocycles. The molecule has 1 fully saturated rings. The fraction of sp³-hybridized carbons (Fsp3) is 1.00. The molecular formula is C21H42O. The first kappa shape index (κ1) is 20.0. The summed E-state index contributed by atoms with van der Waals surface area (Å²) in [4.78, 5) is 0. The van der Waals surface area contributed by atoms with Gasteiger partial charge in [-0.2, -0.15) is 0 Å². The average molecular weight is 311 g/mol. The van der Waals surface area contributed by atoms with Gasteiger partial charge in [-0.15, -0.1) is 0 Å². The van der Waals surface area contributed by atoms with Crippen LogP contribution in [0.4, 0.5) is 0 Å². The Kier molecular flexibility index (Phi) is 10.4. The van der Waals surface area contributed by atoms with Crippen molar-refractivity contribution in [3.63, 3.8) is 0 Å². The van der Waals surface area contributed by atoms with Crippen molar-refractivity contribution in [2.75, 3.05) is 0 Å². The first-order valence-electron chi connectivity index (χ1n) is 10.3. The van der Waals surface area contributed by atoms with Crippen molar-refractivity contribution in [1.82, 2.24) is 0 Å². The van der Waals surface area contributed by atoms with E-state index in [0.29, 0.717) is 17.6 Å². The van der Waals surface area contributed by atoms with E-state index in [0.717, 1.165) is 0 Å². The predicted octanol–water partition coefficient (Wildman–Crippen LogP) is 7.28. The minimum atomic E-state index is 0.400. The van der Waals surface area contributed by atoms with Gasteiger partial charge in [0.25, 0.3) is 0 Å². The Labute approximate surface area is 140 Å². The molecule has 0 N–H and O–H groups in total. The number of hydrogen-bond acceptors (Lipinski definition) is 1. The fourth-order valence-electron chi connectivity index (χ4n) is 3.85. The van der Waals surface area contributed by atoms with Crippen molar-refractivity contribution in [1.29, 1.82) is 0 Å². The van der Waals surface area contributed by atoms with E-state index < -0.39 is 0 Å². The summed E-state index contributed by atoms with van der Waals surface area (Å²) < 4.78 is 5.93. The zero-order valence-corrected chi connectivity index (χ0v) is 16.0. The molecule has 0 aliphatic carbocycles. The van der Waals surface area contributed by atoms with Crippen LogP contribution in [0.15, 0.2) is 0 Å². The molecule has 1 heteroatoms. The van der Waals surface area contributed by atoms with Gasteiger partial charge < -0.3 is 4.74 Å². The molecule has 1 nitrogen and oxygen atoms in total. The van der Waals surface area contributed by atoms with Crippen LogP contribution in [0.5, 0.6) is 0 Å². The summed E-state index contributed by atoms with van der Waals surface area (Å²) in [5, 5.41) is 0. The second-order valence-corrected chi connectivity index (χ2v) is 8.16. The summed E-state index contributed by atoms with van der Waals surface area (Å²) in [6, 6.07) is 0. The van der Waals surface area contributed by atoms with Crippen LogP contribution in [0.2, 0.25) is 0 Å². The van der Waals surface area contributed by atoms with Crippen LogP contribution < -0.4 is 0 Å². The monoisotopic (exact) mass is 310 g/mol. The molecule has 1 saturated heterocycles. The smallest absolute Gasteiger partial charge is 0.0892 e. The molecular weight excluding hydrogens is 268 g/mol. The maximum atomic E-state index is 5.93. The topological polar surface area (TPSA) is 12.5 Å². The van der Waals surface area contributed by atoms with Gasteiger partial charge in [-0.3, -0.25) is 0 Å². The van der Waals surface area contributed by atoms with Gasteiger partial charge in [0.05, 0.1) is 12.2 Å². The van der Waals surface area contributed by atoms with Crippen molar-refractivity contribution in [2.45, 2.75) is 130 Å². The van der Waals surface area contributed by atoms with Crippen LogP contribution in [-0.2, 0) is 4.74 Å². The third-order valence-electron chi connectivity index (χ3n) is 5.34. The van der Waals surface area contributed by atoms with E-state index in [9.17, 15) is 0 Å². The largest absolute Gasteiger partial charge is 0.369 e. The number of ether oxygens (including phenoxy) is 1. The third kappa shape index (κ3) is 8.56. The van der Waals surface area contributed by atoms with Gasteiger partial charge in [-0.05, 0) is 18.3 Å². The first-order valence-corrected chi connectivity index (χ1v) is 10.3. The molecule has 0 saturated carbocycles. The van der Waals surface area contributed by atoms with E-state index in [-0.39, 0.29) is 0 Å². The van der Waals surface area contributed by atoms with Crippen LogP contribution in [0.1, 0.15) is 118 Å². The molecule has 1 rings (SSSR count). The lowest BCUT2D eigenvalue weighted by Crippen LogP contribution is -2.20. The lowest BCUT2D eigenvalue weighted by Gasteiger charge is -2.21. The van der Waals surface area contributed by atoms with E-state index in [1.165, 1.54) is 89.9 Å². The Balaban J connectivity index is 1.83. The van der Waals surface area contributed by atoms with E-state index in [2.05, 4.69) is 27.7 Å². The predicted molar refractivity (Wildman–Crippen MR) is 98.4 cm³/mol. The second kappa shape index (κ2) is 11.5. The second-order valence-electron chi connectivity index (χ2n) is 8.16. The number of epoxide rings is 1. The maximum Gasteiger partial charge on any atom is 0.0892 e. The summed E-state index contributed by atoms with van der Waals surface area (Å²) in [6.45, 7) is 9.33. The van der Waals surface area contributed by atoms with Gasteiger partial charge in [0.1, 0.15) is 0 Å². The van der Waals surface area contributed by atoms with Gasteiger partial charge in [0, 0.05) is 0 Å². The van der Waals surface area contributed by atoms with Crippen molar-refractivity contribution >= 4 is 0 Å². The van der Waals surface area contributed by atoms with Crippen LogP contribution >= 0.6 is 0 Å². The minimum absolute atomic E-state index is 0.400. The van der Waals surface area contributed by atoms with E-state index in [1.807, 2.05) is 0 Å². The molecule has 132 valence electrons. The number of unbranched alkanes of at least 4 members (excludes halogenated alkanes) is 10.